The minimum Gasteiger partial charge on any atom is -0.349 e. The molecule has 0 N–H and O–H groups in total. The second-order valence-corrected chi connectivity index (χ2v) is 2.98. The van der Waals surface area contributed by atoms with E-state index in [0.29, 0.717) is 6.04 Å². The lowest BCUT2D eigenvalue weighted by Crippen LogP contribution is -2.45. The van der Waals surface area contributed by atoms with E-state index in [1.54, 1.807) is 0 Å². The lowest BCUT2D eigenvalue weighted by atomic mass is 10.1. The van der Waals surface area contributed by atoms with Crippen molar-refractivity contribution in [3.63, 3.8) is 0 Å². The van der Waals surface area contributed by atoms with Crippen LogP contribution in [0.15, 0.2) is 0 Å². The molecule has 0 aliphatic carbocycles. The second-order valence-electron chi connectivity index (χ2n) is 2.98. The van der Waals surface area contributed by atoms with Gasteiger partial charge in [-0.1, -0.05) is 0 Å². The summed E-state index contributed by atoms with van der Waals surface area (Å²) < 4.78 is 0. The predicted octanol–water partition coefficient (Wildman–Crippen LogP) is -0.540. The Morgan fingerprint density at radius 1 is 1.22 bits per heavy atom. The van der Waals surface area contributed by atoms with Gasteiger partial charge in [-0.3, -0.25) is 0 Å². The van der Waals surface area contributed by atoms with E-state index in [1.807, 2.05) is 4.81 Å². The first-order valence-corrected chi connectivity index (χ1v) is 3.60. The average Bonchev–Trinajstić information content (AvgIpc) is 2.25. The van der Waals surface area contributed by atoms with E-state index in [-0.39, 0.29) is 0 Å². The van der Waals surface area contributed by atoms with Crippen LogP contribution in [0.2, 0.25) is 0 Å². The monoisotopic (exact) mass is 122 g/mol. The van der Waals surface area contributed by atoms with Gasteiger partial charge in [-0.2, -0.15) is 0 Å². The third-order valence-corrected chi connectivity index (χ3v) is 2.39. The first kappa shape index (κ1) is 5.75. The smallest absolute Gasteiger partial charge is 0.182 e. The largest absolute Gasteiger partial charge is 0.349 e. The van der Waals surface area contributed by atoms with E-state index < -0.39 is 0 Å². The fraction of sp³-hybridized carbons (Fsp3) is 1.00. The average molecular weight is 122 g/mol. The molecular weight excluding hydrogens is 111 g/mol. The molecule has 0 aromatic heterocycles. The molecular formula is C6H11BN2. The lowest BCUT2D eigenvalue weighted by Gasteiger charge is -2.31. The Balaban J connectivity index is 2.05. The second kappa shape index (κ2) is 1.99. The molecule has 2 unspecified atom stereocenters. The summed E-state index contributed by atoms with van der Waals surface area (Å²) in [7, 11) is 5.72. The molecule has 2 heterocycles. The Morgan fingerprint density at radius 3 is 2.89 bits per heavy atom. The summed E-state index contributed by atoms with van der Waals surface area (Å²) in [6.07, 6.45) is 1.27. The van der Waals surface area contributed by atoms with Gasteiger partial charge in [0.25, 0.3) is 0 Å². The molecule has 2 radical (unpaired) electrons. The van der Waals surface area contributed by atoms with Crippen molar-refractivity contribution < 1.29 is 0 Å². The zero-order valence-corrected chi connectivity index (χ0v) is 5.58. The highest BCUT2D eigenvalue weighted by Crippen LogP contribution is 2.17. The molecule has 2 aliphatic heterocycles. The van der Waals surface area contributed by atoms with Gasteiger partial charge in [-0.25, -0.2) is 0 Å². The molecule has 48 valence electrons. The van der Waals surface area contributed by atoms with E-state index in [9.17, 15) is 0 Å². The van der Waals surface area contributed by atoms with Crippen molar-refractivity contribution in [3.8, 4) is 0 Å². The first-order valence-electron chi connectivity index (χ1n) is 3.60. The quantitative estimate of drug-likeness (QED) is 0.398. The third-order valence-electron chi connectivity index (χ3n) is 2.39. The molecule has 2 saturated heterocycles. The van der Waals surface area contributed by atoms with Crippen LogP contribution < -0.4 is 0 Å². The van der Waals surface area contributed by atoms with Crippen LogP contribution in [-0.4, -0.2) is 49.9 Å². The number of hydrogen-bond acceptors (Lipinski definition) is 2. The SMILES string of the molecule is [B]N1CCN2CCC1C2. The van der Waals surface area contributed by atoms with Crippen molar-refractivity contribution in [2.24, 2.45) is 0 Å². The fourth-order valence-electron chi connectivity index (χ4n) is 1.73. The third kappa shape index (κ3) is 0.884. The topological polar surface area (TPSA) is 6.48 Å². The van der Waals surface area contributed by atoms with Crippen LogP contribution in [0.4, 0.5) is 0 Å². The highest BCUT2D eigenvalue weighted by Gasteiger charge is 2.29. The van der Waals surface area contributed by atoms with Gasteiger partial charge < -0.3 is 9.71 Å². The molecule has 9 heavy (non-hydrogen) atoms. The van der Waals surface area contributed by atoms with Crippen LogP contribution in [-0.2, 0) is 0 Å². The van der Waals surface area contributed by atoms with Crippen molar-refractivity contribution in [1.82, 2.24) is 9.71 Å². The molecule has 0 aromatic rings. The zero-order valence-electron chi connectivity index (χ0n) is 5.58. The minimum atomic E-state index is 0.666. The summed E-state index contributed by atoms with van der Waals surface area (Å²) in [4.78, 5) is 4.47. The summed E-state index contributed by atoms with van der Waals surface area (Å²) >= 11 is 0. The summed E-state index contributed by atoms with van der Waals surface area (Å²) in [6.45, 7) is 4.70. The normalized spacial score (nSPS) is 43.6. The van der Waals surface area contributed by atoms with Crippen molar-refractivity contribution in [3.05, 3.63) is 0 Å². The number of rotatable bonds is 0. The minimum absolute atomic E-state index is 0.666. The lowest BCUT2D eigenvalue weighted by molar-refractivity contribution is 0.218. The van der Waals surface area contributed by atoms with Crippen LogP contribution >= 0.6 is 0 Å². The molecule has 0 amide bonds. The Kier molecular flexibility index (Phi) is 1.27. The van der Waals surface area contributed by atoms with Gasteiger partial charge in [-0.05, 0) is 19.5 Å². The van der Waals surface area contributed by atoms with Crippen LogP contribution in [0, 0.1) is 0 Å². The molecule has 0 spiro atoms. The Labute approximate surface area is 57.2 Å². The van der Waals surface area contributed by atoms with E-state index in [4.69, 9.17) is 7.98 Å². The zero-order chi connectivity index (χ0) is 6.27. The predicted molar refractivity (Wildman–Crippen MR) is 37.3 cm³/mol. The molecule has 3 heteroatoms. The summed E-state index contributed by atoms with van der Waals surface area (Å²) in [6, 6.07) is 0.666. The molecule has 0 aromatic carbocycles. The summed E-state index contributed by atoms with van der Waals surface area (Å²) in [5.74, 6) is 0. The van der Waals surface area contributed by atoms with Gasteiger partial charge in [-0.15, -0.1) is 0 Å². The maximum absolute atomic E-state index is 5.72. The summed E-state index contributed by atoms with van der Waals surface area (Å²) in [5.41, 5.74) is 0. The van der Waals surface area contributed by atoms with Crippen LogP contribution in [0.5, 0.6) is 0 Å². The van der Waals surface area contributed by atoms with E-state index in [0.717, 1.165) is 6.54 Å². The van der Waals surface area contributed by atoms with Gasteiger partial charge in [0.05, 0.1) is 0 Å². The van der Waals surface area contributed by atoms with Gasteiger partial charge in [0.15, 0.2) is 7.98 Å². The van der Waals surface area contributed by atoms with Crippen LogP contribution in [0.3, 0.4) is 0 Å². The van der Waals surface area contributed by atoms with E-state index in [1.165, 1.54) is 26.1 Å². The molecule has 2 atom stereocenters. The van der Waals surface area contributed by atoms with Crippen molar-refractivity contribution >= 4 is 7.98 Å². The molecule has 2 nitrogen and oxygen atoms in total. The van der Waals surface area contributed by atoms with Crippen molar-refractivity contribution in [1.29, 1.82) is 0 Å². The van der Waals surface area contributed by atoms with Gasteiger partial charge in [0.2, 0.25) is 0 Å². The highest BCUT2D eigenvalue weighted by atomic mass is 15.3. The number of nitrogens with zero attached hydrogens (tertiary/aromatic N) is 2. The molecule has 2 fully saturated rings. The number of fused-ring (bicyclic) bond motifs is 2. The van der Waals surface area contributed by atoms with E-state index >= 15 is 0 Å². The maximum Gasteiger partial charge on any atom is 0.182 e. The van der Waals surface area contributed by atoms with Gasteiger partial charge >= 0.3 is 0 Å². The Morgan fingerprint density at radius 2 is 2.11 bits per heavy atom. The summed E-state index contributed by atoms with van der Waals surface area (Å²) in [5, 5.41) is 0. The standard InChI is InChI=1S/C6H11BN2/c7-9-4-3-8-2-1-6(9)5-8/h6H,1-5H2. The number of piperazine rings is 1. The molecule has 2 bridgehead atoms. The van der Waals surface area contributed by atoms with E-state index in [2.05, 4.69) is 4.90 Å². The Bertz CT molecular complexity index is 118. The molecule has 0 saturated carbocycles. The maximum atomic E-state index is 5.72. The van der Waals surface area contributed by atoms with Crippen LogP contribution in [0.1, 0.15) is 6.42 Å². The van der Waals surface area contributed by atoms with Gasteiger partial charge in [0, 0.05) is 19.1 Å². The first-order chi connectivity index (χ1) is 4.36. The Hall–Kier alpha value is -0.0151. The molecule has 2 aliphatic rings. The molecule has 2 rings (SSSR count). The number of hydrogen-bond donors (Lipinski definition) is 0. The fourth-order valence-corrected chi connectivity index (χ4v) is 1.73. The van der Waals surface area contributed by atoms with Gasteiger partial charge in [0.1, 0.15) is 0 Å². The van der Waals surface area contributed by atoms with Crippen molar-refractivity contribution in [2.75, 3.05) is 26.2 Å². The highest BCUT2D eigenvalue weighted by molar-refractivity contribution is 6.04. The van der Waals surface area contributed by atoms with Crippen LogP contribution in [0.25, 0.3) is 0 Å². The van der Waals surface area contributed by atoms with Crippen molar-refractivity contribution in [2.45, 2.75) is 12.5 Å².